The predicted molar refractivity (Wildman–Crippen MR) is 58.3 cm³/mol. The van der Waals surface area contributed by atoms with Gasteiger partial charge in [-0.2, -0.15) is 0 Å². The summed E-state index contributed by atoms with van der Waals surface area (Å²) in [5, 5.41) is 1.02. The Morgan fingerprint density at radius 3 is 3.07 bits per heavy atom. The molecule has 0 saturated carbocycles. The van der Waals surface area contributed by atoms with E-state index in [-0.39, 0.29) is 11.9 Å². The second kappa shape index (κ2) is 2.83. The molecule has 1 unspecified atom stereocenters. The van der Waals surface area contributed by atoms with Gasteiger partial charge in [0, 0.05) is 24.2 Å². The van der Waals surface area contributed by atoms with Gasteiger partial charge in [0.15, 0.2) is 0 Å². The van der Waals surface area contributed by atoms with Crippen molar-refractivity contribution < 1.29 is 4.39 Å². The summed E-state index contributed by atoms with van der Waals surface area (Å²) in [7, 11) is 0. The zero-order chi connectivity index (χ0) is 10.6. The molecule has 3 rings (SSSR count). The fraction of sp³-hybridized carbons (Fsp3) is 0.333. The molecule has 2 aromatic rings. The quantitative estimate of drug-likeness (QED) is 0.698. The summed E-state index contributed by atoms with van der Waals surface area (Å²) in [5.74, 6) is -0.160. The molecule has 1 aliphatic heterocycles. The zero-order valence-electron chi connectivity index (χ0n) is 8.63. The molecule has 0 bridgehead atoms. The minimum Gasteiger partial charge on any atom is -0.345 e. The van der Waals surface area contributed by atoms with Gasteiger partial charge in [-0.05, 0) is 36.6 Å². The summed E-state index contributed by atoms with van der Waals surface area (Å²) in [5.41, 5.74) is 9.27. The normalized spacial score (nSPS) is 19.8. The molecule has 1 aromatic heterocycles. The molecular weight excluding hydrogens is 191 g/mol. The number of nitrogens with two attached hydrogens (primary N) is 1. The Morgan fingerprint density at radius 2 is 2.27 bits per heavy atom. The Labute approximate surface area is 87.5 Å². The van der Waals surface area contributed by atoms with Gasteiger partial charge in [0.2, 0.25) is 0 Å². The lowest BCUT2D eigenvalue weighted by Gasteiger charge is -2.21. The van der Waals surface area contributed by atoms with Gasteiger partial charge in [0.25, 0.3) is 0 Å². The zero-order valence-corrected chi connectivity index (χ0v) is 8.63. The molecule has 0 aliphatic carbocycles. The second-order valence-electron chi connectivity index (χ2n) is 4.39. The number of benzene rings is 1. The van der Waals surface area contributed by atoms with E-state index in [1.54, 1.807) is 12.1 Å². The van der Waals surface area contributed by atoms with E-state index in [9.17, 15) is 4.39 Å². The Kier molecular flexibility index (Phi) is 1.68. The van der Waals surface area contributed by atoms with Gasteiger partial charge < -0.3 is 10.3 Å². The van der Waals surface area contributed by atoms with Crippen molar-refractivity contribution in [2.75, 3.05) is 0 Å². The van der Waals surface area contributed by atoms with Crippen LogP contribution >= 0.6 is 0 Å². The molecule has 1 aromatic carbocycles. The highest BCUT2D eigenvalue weighted by molar-refractivity contribution is 5.87. The minimum absolute atomic E-state index is 0.106. The lowest BCUT2D eigenvalue weighted by Crippen LogP contribution is -2.31. The molecule has 2 heterocycles. The molecule has 1 atom stereocenters. The van der Waals surface area contributed by atoms with E-state index in [0.717, 1.165) is 35.0 Å². The largest absolute Gasteiger partial charge is 0.345 e. The Hall–Kier alpha value is -1.35. The van der Waals surface area contributed by atoms with Crippen molar-refractivity contribution >= 4 is 10.9 Å². The van der Waals surface area contributed by atoms with E-state index in [1.165, 1.54) is 0 Å². The van der Waals surface area contributed by atoms with Crippen molar-refractivity contribution in [3.8, 4) is 0 Å². The minimum atomic E-state index is -0.160. The predicted octanol–water partition coefficient (Wildman–Crippen LogP) is 1.97. The van der Waals surface area contributed by atoms with Crippen molar-refractivity contribution in [3.05, 3.63) is 35.3 Å². The van der Waals surface area contributed by atoms with Crippen LogP contribution in [-0.4, -0.2) is 10.6 Å². The number of aromatic nitrogens is 1. The average Bonchev–Trinajstić information content (AvgIpc) is 2.43. The van der Waals surface area contributed by atoms with Gasteiger partial charge in [-0.1, -0.05) is 0 Å². The van der Waals surface area contributed by atoms with Crippen LogP contribution in [0.25, 0.3) is 10.9 Å². The van der Waals surface area contributed by atoms with Gasteiger partial charge in [-0.25, -0.2) is 4.39 Å². The summed E-state index contributed by atoms with van der Waals surface area (Å²) in [6.07, 6.45) is 2.84. The Bertz CT molecular complexity index is 542. The van der Waals surface area contributed by atoms with E-state index >= 15 is 0 Å². The van der Waals surface area contributed by atoms with Crippen LogP contribution in [0.3, 0.4) is 0 Å². The molecule has 0 fully saturated rings. The topological polar surface area (TPSA) is 30.9 Å². The highest BCUT2D eigenvalue weighted by Gasteiger charge is 2.19. The number of aryl methyl sites for hydroxylation is 1. The molecule has 2 N–H and O–H groups in total. The molecule has 3 heteroatoms. The Morgan fingerprint density at radius 1 is 1.47 bits per heavy atom. The van der Waals surface area contributed by atoms with E-state index in [0.29, 0.717) is 0 Å². The SMILES string of the molecule is Cc1cn2c3c(cc(F)cc13)CC(N)C2. The lowest BCUT2D eigenvalue weighted by atomic mass is 10.00. The molecule has 0 radical (unpaired) electrons. The van der Waals surface area contributed by atoms with E-state index in [1.807, 2.05) is 6.92 Å². The van der Waals surface area contributed by atoms with Crippen molar-refractivity contribution in [2.24, 2.45) is 5.73 Å². The third-order valence-electron chi connectivity index (χ3n) is 3.13. The molecule has 0 amide bonds. The first-order chi connectivity index (χ1) is 7.15. The summed E-state index contributed by atoms with van der Waals surface area (Å²) >= 11 is 0. The fourth-order valence-electron chi connectivity index (χ4n) is 2.56. The molecule has 2 nitrogen and oxygen atoms in total. The van der Waals surface area contributed by atoms with Crippen molar-refractivity contribution in [1.29, 1.82) is 0 Å². The van der Waals surface area contributed by atoms with Gasteiger partial charge in [-0.15, -0.1) is 0 Å². The highest BCUT2D eigenvalue weighted by atomic mass is 19.1. The van der Waals surface area contributed by atoms with Gasteiger partial charge in [0.05, 0.1) is 5.52 Å². The summed E-state index contributed by atoms with van der Waals surface area (Å²) in [6.45, 7) is 2.85. The molecule has 15 heavy (non-hydrogen) atoms. The monoisotopic (exact) mass is 204 g/mol. The lowest BCUT2D eigenvalue weighted by molar-refractivity contribution is 0.537. The molecule has 0 saturated heterocycles. The molecule has 1 aliphatic rings. The van der Waals surface area contributed by atoms with E-state index in [2.05, 4.69) is 10.8 Å². The second-order valence-corrected chi connectivity index (χ2v) is 4.39. The van der Waals surface area contributed by atoms with Crippen molar-refractivity contribution in [3.63, 3.8) is 0 Å². The number of rotatable bonds is 0. The van der Waals surface area contributed by atoms with E-state index in [4.69, 9.17) is 5.73 Å². The average molecular weight is 204 g/mol. The van der Waals surface area contributed by atoms with Crippen LogP contribution in [0.5, 0.6) is 0 Å². The van der Waals surface area contributed by atoms with Gasteiger partial charge in [0.1, 0.15) is 5.82 Å². The van der Waals surface area contributed by atoms with Crippen LogP contribution in [0.4, 0.5) is 4.39 Å². The fourth-order valence-corrected chi connectivity index (χ4v) is 2.56. The maximum atomic E-state index is 13.4. The van der Waals surface area contributed by atoms with E-state index < -0.39 is 0 Å². The third-order valence-corrected chi connectivity index (χ3v) is 3.13. The number of halogens is 1. The maximum Gasteiger partial charge on any atom is 0.124 e. The standard InChI is InChI=1S/C12H13FN2/c1-7-5-15-6-10(14)3-8-2-9(13)4-11(7)12(8)15/h2,4-5,10H,3,6,14H2,1H3. The smallest absolute Gasteiger partial charge is 0.124 e. The first kappa shape index (κ1) is 8.92. The first-order valence-electron chi connectivity index (χ1n) is 5.18. The number of hydrogen-bond donors (Lipinski definition) is 1. The Balaban J connectivity index is 2.41. The van der Waals surface area contributed by atoms with Gasteiger partial charge in [-0.3, -0.25) is 0 Å². The van der Waals surface area contributed by atoms with Crippen molar-refractivity contribution in [2.45, 2.75) is 25.9 Å². The number of hydrogen-bond acceptors (Lipinski definition) is 1. The van der Waals surface area contributed by atoms with Crippen LogP contribution in [0.1, 0.15) is 11.1 Å². The molecular formula is C12H13FN2. The van der Waals surface area contributed by atoms with Crippen LogP contribution in [-0.2, 0) is 13.0 Å². The summed E-state index contributed by atoms with van der Waals surface area (Å²) in [4.78, 5) is 0. The highest BCUT2D eigenvalue weighted by Crippen LogP contribution is 2.29. The third kappa shape index (κ3) is 1.20. The van der Waals surface area contributed by atoms with Crippen LogP contribution in [0, 0.1) is 12.7 Å². The first-order valence-corrected chi connectivity index (χ1v) is 5.18. The van der Waals surface area contributed by atoms with Crippen LogP contribution in [0.2, 0.25) is 0 Å². The summed E-state index contributed by atoms with van der Waals surface area (Å²) < 4.78 is 15.5. The molecule has 78 valence electrons. The van der Waals surface area contributed by atoms with Crippen LogP contribution in [0.15, 0.2) is 18.3 Å². The van der Waals surface area contributed by atoms with Crippen LogP contribution < -0.4 is 5.73 Å². The number of nitrogens with zero attached hydrogens (tertiary/aromatic N) is 1. The molecule has 0 spiro atoms. The summed E-state index contributed by atoms with van der Waals surface area (Å²) in [6, 6.07) is 3.33. The van der Waals surface area contributed by atoms with Gasteiger partial charge >= 0.3 is 0 Å². The maximum absolute atomic E-state index is 13.4. The van der Waals surface area contributed by atoms with Crippen molar-refractivity contribution in [1.82, 2.24) is 4.57 Å².